The number of rotatable bonds is 7. The molecule has 1 amide bonds. The maximum atomic E-state index is 13.7. The minimum Gasteiger partial charge on any atom is -0.378 e. The van der Waals surface area contributed by atoms with E-state index in [-0.39, 0.29) is 28.6 Å². The van der Waals surface area contributed by atoms with Crippen LogP contribution in [0.1, 0.15) is 21.7 Å². The fourth-order valence-corrected chi connectivity index (χ4v) is 3.64. The van der Waals surface area contributed by atoms with Crippen molar-refractivity contribution in [1.82, 2.24) is 30.7 Å². The Labute approximate surface area is 193 Å². The standard InChI is InChI=1S/C19H13ClF2N8O2S/c20-11-1-4-13(5-2-11)33-9-15-16(25-29-30(15)18-17(23)27-32-28-18)19(31)26-24-8-10-7-12(21)3-6-14(10)22/h1-8H,9H2,(H2,23,27)(H,26,31)/b24-8+. The molecule has 0 fully saturated rings. The van der Waals surface area contributed by atoms with Gasteiger partial charge in [-0.1, -0.05) is 16.8 Å². The molecule has 0 aliphatic heterocycles. The van der Waals surface area contributed by atoms with Crippen LogP contribution in [0.25, 0.3) is 5.82 Å². The van der Waals surface area contributed by atoms with Gasteiger partial charge in [-0.2, -0.15) is 9.78 Å². The van der Waals surface area contributed by atoms with Crippen molar-refractivity contribution in [2.45, 2.75) is 10.6 Å². The van der Waals surface area contributed by atoms with Crippen molar-refractivity contribution in [2.75, 3.05) is 5.73 Å². The minimum absolute atomic E-state index is 0.0517. The molecule has 10 nitrogen and oxygen atoms in total. The van der Waals surface area contributed by atoms with Crippen molar-refractivity contribution in [3.8, 4) is 5.82 Å². The summed E-state index contributed by atoms with van der Waals surface area (Å²) in [6.07, 6.45) is 0.975. The monoisotopic (exact) mass is 490 g/mol. The van der Waals surface area contributed by atoms with E-state index in [4.69, 9.17) is 17.3 Å². The predicted molar refractivity (Wildman–Crippen MR) is 116 cm³/mol. The number of nitrogens with two attached hydrogens (primary N) is 1. The second kappa shape index (κ2) is 9.75. The Bertz CT molecular complexity index is 1330. The van der Waals surface area contributed by atoms with Crippen molar-refractivity contribution < 1.29 is 18.2 Å². The smallest absolute Gasteiger partial charge is 0.293 e. The third-order valence-electron chi connectivity index (χ3n) is 4.19. The van der Waals surface area contributed by atoms with Gasteiger partial charge in [0.25, 0.3) is 5.91 Å². The summed E-state index contributed by atoms with van der Waals surface area (Å²) in [6, 6.07) is 9.94. The quantitative estimate of drug-likeness (QED) is 0.229. The van der Waals surface area contributed by atoms with E-state index < -0.39 is 17.5 Å². The van der Waals surface area contributed by atoms with E-state index in [1.165, 1.54) is 16.4 Å². The number of hydrogen-bond donors (Lipinski definition) is 2. The van der Waals surface area contributed by atoms with E-state index in [9.17, 15) is 13.6 Å². The molecule has 168 valence electrons. The lowest BCUT2D eigenvalue weighted by Gasteiger charge is -2.06. The number of carbonyl (C=O) groups excluding carboxylic acids is 1. The Balaban J connectivity index is 1.58. The van der Waals surface area contributed by atoms with E-state index >= 15 is 0 Å². The van der Waals surface area contributed by atoms with Crippen LogP contribution in [-0.2, 0) is 5.75 Å². The van der Waals surface area contributed by atoms with Crippen molar-refractivity contribution in [3.63, 3.8) is 0 Å². The highest BCUT2D eigenvalue weighted by Gasteiger charge is 2.24. The number of benzene rings is 2. The fourth-order valence-electron chi connectivity index (χ4n) is 2.62. The van der Waals surface area contributed by atoms with Crippen LogP contribution in [0.3, 0.4) is 0 Å². The Morgan fingerprint density at radius 2 is 2.03 bits per heavy atom. The molecule has 2 aromatic carbocycles. The van der Waals surface area contributed by atoms with E-state index in [1.54, 1.807) is 12.1 Å². The highest BCUT2D eigenvalue weighted by atomic mass is 35.5. The number of anilines is 1. The number of halogens is 3. The maximum Gasteiger partial charge on any atom is 0.293 e. The van der Waals surface area contributed by atoms with Crippen LogP contribution < -0.4 is 11.2 Å². The molecule has 2 aromatic heterocycles. The molecule has 0 saturated heterocycles. The summed E-state index contributed by atoms with van der Waals surface area (Å²) in [4.78, 5) is 13.6. The van der Waals surface area contributed by atoms with Gasteiger partial charge in [0.05, 0.1) is 11.9 Å². The zero-order chi connectivity index (χ0) is 23.4. The van der Waals surface area contributed by atoms with Gasteiger partial charge in [0, 0.05) is 21.2 Å². The molecule has 0 unspecified atom stereocenters. The molecule has 0 aliphatic carbocycles. The number of aromatic nitrogens is 5. The topological polar surface area (TPSA) is 137 Å². The van der Waals surface area contributed by atoms with Crippen molar-refractivity contribution in [3.05, 3.63) is 76.1 Å². The summed E-state index contributed by atoms with van der Waals surface area (Å²) < 4.78 is 32.8. The van der Waals surface area contributed by atoms with E-state index in [1.807, 2.05) is 12.1 Å². The van der Waals surface area contributed by atoms with Crippen LogP contribution in [0.15, 0.2) is 57.1 Å². The lowest BCUT2D eigenvalue weighted by Crippen LogP contribution is -2.20. The number of hydrogen-bond acceptors (Lipinski definition) is 9. The second-order valence-electron chi connectivity index (χ2n) is 6.38. The molecule has 0 bridgehead atoms. The SMILES string of the molecule is Nc1nonc1-n1nnc(C(=O)N/N=C/c2cc(F)ccc2F)c1CSc1ccc(Cl)cc1. The summed E-state index contributed by atoms with van der Waals surface area (Å²) >= 11 is 7.29. The van der Waals surface area contributed by atoms with Crippen LogP contribution in [-0.4, -0.2) is 37.4 Å². The highest BCUT2D eigenvalue weighted by Crippen LogP contribution is 2.27. The number of nitrogens with zero attached hydrogens (tertiary/aromatic N) is 6. The lowest BCUT2D eigenvalue weighted by molar-refractivity contribution is 0.0949. The first-order valence-electron chi connectivity index (χ1n) is 9.12. The largest absolute Gasteiger partial charge is 0.378 e. The van der Waals surface area contributed by atoms with E-state index in [0.29, 0.717) is 10.7 Å². The van der Waals surface area contributed by atoms with Gasteiger partial charge in [0.2, 0.25) is 11.6 Å². The molecule has 33 heavy (non-hydrogen) atoms. The van der Waals surface area contributed by atoms with Gasteiger partial charge in [0.15, 0.2) is 5.69 Å². The molecule has 0 spiro atoms. The number of nitrogens with one attached hydrogen (secondary N) is 1. The molecule has 2 heterocycles. The summed E-state index contributed by atoms with van der Waals surface area (Å²) in [5.41, 5.74) is 8.07. The van der Waals surface area contributed by atoms with Crippen LogP contribution in [0, 0.1) is 11.6 Å². The Hall–Kier alpha value is -3.84. The van der Waals surface area contributed by atoms with Gasteiger partial charge in [-0.25, -0.2) is 18.8 Å². The first-order valence-corrected chi connectivity index (χ1v) is 10.5. The van der Waals surface area contributed by atoms with E-state index in [0.717, 1.165) is 29.3 Å². The van der Waals surface area contributed by atoms with Crippen LogP contribution in [0.4, 0.5) is 14.6 Å². The number of nitrogen functional groups attached to an aromatic ring is 1. The Morgan fingerprint density at radius 3 is 2.76 bits per heavy atom. The summed E-state index contributed by atoms with van der Waals surface area (Å²) in [7, 11) is 0. The molecule has 0 atom stereocenters. The zero-order valence-corrected chi connectivity index (χ0v) is 18.0. The average Bonchev–Trinajstić information content (AvgIpc) is 3.41. The fraction of sp³-hybridized carbons (Fsp3) is 0.0526. The predicted octanol–water partition coefficient (Wildman–Crippen LogP) is 3.22. The minimum atomic E-state index is -0.740. The van der Waals surface area contributed by atoms with Crippen molar-refractivity contribution in [1.29, 1.82) is 0 Å². The maximum absolute atomic E-state index is 13.7. The molecule has 0 radical (unpaired) electrons. The van der Waals surface area contributed by atoms with Gasteiger partial charge in [-0.05, 0) is 52.8 Å². The number of carbonyl (C=O) groups is 1. The molecule has 4 rings (SSSR count). The average molecular weight is 491 g/mol. The molecule has 0 saturated carbocycles. The third-order valence-corrected chi connectivity index (χ3v) is 5.47. The molecule has 0 aliphatic rings. The third kappa shape index (κ3) is 5.15. The van der Waals surface area contributed by atoms with Gasteiger partial charge in [-0.3, -0.25) is 4.79 Å². The molecule has 4 aromatic rings. The number of amides is 1. The summed E-state index contributed by atoms with van der Waals surface area (Å²) in [5.74, 6) is -1.85. The lowest BCUT2D eigenvalue weighted by atomic mass is 10.2. The molecule has 3 N–H and O–H groups in total. The Morgan fingerprint density at radius 1 is 1.24 bits per heavy atom. The normalized spacial score (nSPS) is 11.2. The van der Waals surface area contributed by atoms with Gasteiger partial charge < -0.3 is 5.73 Å². The van der Waals surface area contributed by atoms with Crippen LogP contribution in [0.5, 0.6) is 0 Å². The second-order valence-corrected chi connectivity index (χ2v) is 7.86. The highest BCUT2D eigenvalue weighted by molar-refractivity contribution is 7.98. The van der Waals surface area contributed by atoms with Crippen LogP contribution >= 0.6 is 23.4 Å². The zero-order valence-electron chi connectivity index (χ0n) is 16.4. The number of thioether (sulfide) groups is 1. The van der Waals surface area contributed by atoms with Crippen molar-refractivity contribution >= 4 is 41.3 Å². The van der Waals surface area contributed by atoms with E-state index in [2.05, 4.69) is 35.8 Å². The molecular weight excluding hydrogens is 478 g/mol. The number of hydrazone groups is 1. The Kier molecular flexibility index (Phi) is 6.60. The molecule has 14 heteroatoms. The first kappa shape index (κ1) is 22.4. The van der Waals surface area contributed by atoms with Crippen LogP contribution in [0.2, 0.25) is 5.02 Å². The summed E-state index contributed by atoms with van der Waals surface area (Å²) in [6.45, 7) is 0. The van der Waals surface area contributed by atoms with Gasteiger partial charge in [-0.15, -0.1) is 16.9 Å². The van der Waals surface area contributed by atoms with Gasteiger partial charge in [0.1, 0.15) is 11.6 Å². The summed E-state index contributed by atoms with van der Waals surface area (Å²) in [5, 5.41) is 19.3. The van der Waals surface area contributed by atoms with Gasteiger partial charge >= 0.3 is 0 Å². The molecular formula is C19H13ClF2N8O2S. The first-order chi connectivity index (χ1) is 15.9. The van der Waals surface area contributed by atoms with Crippen molar-refractivity contribution in [2.24, 2.45) is 5.10 Å².